The molecule has 0 aliphatic carbocycles. The van der Waals surface area contributed by atoms with Gasteiger partial charge in [0.05, 0.1) is 5.69 Å². The van der Waals surface area contributed by atoms with E-state index >= 15 is 0 Å². The molecule has 110 valence electrons. The predicted octanol–water partition coefficient (Wildman–Crippen LogP) is 1.75. The number of nitrogens with two attached hydrogens (primary N) is 1. The summed E-state index contributed by atoms with van der Waals surface area (Å²) in [6.07, 6.45) is 2.12. The molecule has 1 aromatic carbocycles. The number of nitrogens with zero attached hydrogens (tertiary/aromatic N) is 1. The fourth-order valence-corrected chi connectivity index (χ4v) is 2.64. The first-order valence-corrected chi connectivity index (χ1v) is 7.16. The molecule has 1 aromatic rings. The normalized spacial score (nSPS) is 16.4. The monoisotopic (exact) mass is 279 g/mol. The Morgan fingerprint density at radius 1 is 1.45 bits per heavy atom. The van der Waals surface area contributed by atoms with Gasteiger partial charge < -0.3 is 16.0 Å². The van der Waals surface area contributed by atoms with E-state index in [-0.39, 0.29) is 11.4 Å². The predicted molar refractivity (Wildman–Crippen MR) is 78.4 cm³/mol. The minimum absolute atomic E-state index is 0.216. The number of carbonyl (C=O) groups excluding carboxylic acids is 1. The fourth-order valence-electron chi connectivity index (χ4n) is 2.64. The van der Waals surface area contributed by atoms with Gasteiger partial charge >= 0.3 is 0 Å². The van der Waals surface area contributed by atoms with Crippen molar-refractivity contribution in [3.63, 3.8) is 0 Å². The van der Waals surface area contributed by atoms with Gasteiger partial charge in [0, 0.05) is 18.7 Å². The van der Waals surface area contributed by atoms with E-state index in [4.69, 9.17) is 5.73 Å². The molecular formula is C15H22FN3O. The molecule has 3 N–H and O–H groups in total. The van der Waals surface area contributed by atoms with Crippen molar-refractivity contribution in [1.82, 2.24) is 5.32 Å². The molecule has 1 aliphatic heterocycles. The van der Waals surface area contributed by atoms with Crippen LogP contribution < -0.4 is 16.0 Å². The SMILES string of the molecule is CCNCC1CCN(c2ccc(C(N)=O)cc2F)CC1. The number of piperidine rings is 1. The number of primary amides is 1. The number of nitrogens with one attached hydrogen (secondary N) is 1. The van der Waals surface area contributed by atoms with E-state index in [2.05, 4.69) is 12.2 Å². The van der Waals surface area contributed by atoms with Gasteiger partial charge in [-0.3, -0.25) is 4.79 Å². The Morgan fingerprint density at radius 3 is 2.70 bits per heavy atom. The Labute approximate surface area is 119 Å². The van der Waals surface area contributed by atoms with E-state index in [1.54, 1.807) is 12.1 Å². The molecule has 0 aromatic heterocycles. The molecule has 0 radical (unpaired) electrons. The summed E-state index contributed by atoms with van der Waals surface area (Å²) in [7, 11) is 0. The van der Waals surface area contributed by atoms with Crippen LogP contribution in [0, 0.1) is 11.7 Å². The van der Waals surface area contributed by atoms with Crippen LogP contribution in [-0.2, 0) is 0 Å². The van der Waals surface area contributed by atoms with E-state index in [0.29, 0.717) is 11.6 Å². The Bertz CT molecular complexity index is 470. The van der Waals surface area contributed by atoms with Gasteiger partial charge in [-0.15, -0.1) is 0 Å². The highest BCUT2D eigenvalue weighted by molar-refractivity contribution is 5.93. The second-order valence-corrected chi connectivity index (χ2v) is 5.27. The zero-order valence-corrected chi connectivity index (χ0v) is 11.9. The van der Waals surface area contributed by atoms with Gasteiger partial charge in [0.25, 0.3) is 0 Å². The summed E-state index contributed by atoms with van der Waals surface area (Å²) in [5, 5.41) is 3.36. The minimum Gasteiger partial charge on any atom is -0.369 e. The van der Waals surface area contributed by atoms with Gasteiger partial charge in [0.15, 0.2) is 0 Å². The lowest BCUT2D eigenvalue weighted by Crippen LogP contribution is -2.37. The lowest BCUT2D eigenvalue weighted by molar-refractivity contribution is 0.1000. The van der Waals surface area contributed by atoms with Crippen molar-refractivity contribution < 1.29 is 9.18 Å². The van der Waals surface area contributed by atoms with Crippen molar-refractivity contribution in [3.8, 4) is 0 Å². The quantitative estimate of drug-likeness (QED) is 0.863. The molecule has 1 heterocycles. The lowest BCUT2D eigenvalue weighted by atomic mass is 9.96. The van der Waals surface area contributed by atoms with E-state index in [1.807, 2.05) is 4.90 Å². The van der Waals surface area contributed by atoms with Crippen LogP contribution in [0.15, 0.2) is 18.2 Å². The summed E-state index contributed by atoms with van der Waals surface area (Å²) in [5.41, 5.74) is 5.93. The largest absolute Gasteiger partial charge is 0.369 e. The van der Waals surface area contributed by atoms with Crippen molar-refractivity contribution in [1.29, 1.82) is 0 Å². The number of anilines is 1. The molecule has 0 atom stereocenters. The number of rotatable bonds is 5. The summed E-state index contributed by atoms with van der Waals surface area (Å²) < 4.78 is 14.0. The average molecular weight is 279 g/mol. The van der Waals surface area contributed by atoms with Gasteiger partial charge in [0.2, 0.25) is 5.91 Å². The fraction of sp³-hybridized carbons (Fsp3) is 0.533. The zero-order chi connectivity index (χ0) is 14.5. The van der Waals surface area contributed by atoms with Gasteiger partial charge in [-0.25, -0.2) is 4.39 Å². The van der Waals surface area contributed by atoms with Crippen LogP contribution in [0.1, 0.15) is 30.1 Å². The summed E-state index contributed by atoms with van der Waals surface area (Å²) in [6, 6.07) is 4.47. The number of hydrogen-bond donors (Lipinski definition) is 2. The standard InChI is InChI=1S/C15H22FN3O/c1-2-18-10-11-5-7-19(8-6-11)14-4-3-12(15(17)20)9-13(14)16/h3-4,9,11,18H,2,5-8,10H2,1H3,(H2,17,20). The van der Waals surface area contributed by atoms with Crippen LogP contribution in [0.3, 0.4) is 0 Å². The van der Waals surface area contributed by atoms with Gasteiger partial charge in [0.1, 0.15) is 5.82 Å². The molecule has 1 saturated heterocycles. The first-order valence-electron chi connectivity index (χ1n) is 7.16. The number of halogens is 1. The number of hydrogen-bond acceptors (Lipinski definition) is 3. The third-order valence-corrected chi connectivity index (χ3v) is 3.87. The van der Waals surface area contributed by atoms with Crippen LogP contribution in [0.2, 0.25) is 0 Å². The van der Waals surface area contributed by atoms with Gasteiger partial charge in [-0.1, -0.05) is 6.92 Å². The maximum Gasteiger partial charge on any atom is 0.248 e. The lowest BCUT2D eigenvalue weighted by Gasteiger charge is -2.34. The molecule has 1 amide bonds. The molecule has 0 spiro atoms. The van der Waals surface area contributed by atoms with Crippen molar-refractivity contribution in [3.05, 3.63) is 29.6 Å². The van der Waals surface area contributed by atoms with Crippen LogP contribution >= 0.6 is 0 Å². The second kappa shape index (κ2) is 6.70. The Kier molecular flexibility index (Phi) is 4.95. The average Bonchev–Trinajstić information content (AvgIpc) is 2.45. The molecule has 0 saturated carbocycles. The molecule has 0 bridgehead atoms. The first kappa shape index (κ1) is 14.8. The van der Waals surface area contributed by atoms with Crippen molar-refractivity contribution in [2.75, 3.05) is 31.1 Å². The highest BCUT2D eigenvalue weighted by Crippen LogP contribution is 2.26. The Morgan fingerprint density at radius 2 is 2.15 bits per heavy atom. The molecular weight excluding hydrogens is 257 g/mol. The van der Waals surface area contributed by atoms with Crippen molar-refractivity contribution >= 4 is 11.6 Å². The molecule has 2 rings (SSSR count). The molecule has 4 nitrogen and oxygen atoms in total. The third-order valence-electron chi connectivity index (χ3n) is 3.87. The first-order chi connectivity index (χ1) is 9.61. The molecule has 1 aliphatic rings. The number of carbonyl (C=O) groups is 1. The van der Waals surface area contributed by atoms with Crippen LogP contribution in [0.4, 0.5) is 10.1 Å². The summed E-state index contributed by atoms with van der Waals surface area (Å²) in [5.74, 6) is -0.301. The summed E-state index contributed by atoms with van der Waals surface area (Å²) in [4.78, 5) is 13.1. The Balaban J connectivity index is 1.98. The van der Waals surface area contributed by atoms with Gasteiger partial charge in [-0.2, -0.15) is 0 Å². The maximum absolute atomic E-state index is 14.0. The van der Waals surface area contributed by atoms with Crippen LogP contribution in [0.5, 0.6) is 0 Å². The second-order valence-electron chi connectivity index (χ2n) is 5.27. The summed E-state index contributed by atoms with van der Waals surface area (Å²) >= 11 is 0. The molecule has 5 heteroatoms. The Hall–Kier alpha value is -1.62. The van der Waals surface area contributed by atoms with Crippen LogP contribution in [0.25, 0.3) is 0 Å². The van der Waals surface area contributed by atoms with Gasteiger partial charge in [-0.05, 0) is 50.0 Å². The molecule has 0 unspecified atom stereocenters. The number of benzene rings is 1. The summed E-state index contributed by atoms with van der Waals surface area (Å²) in [6.45, 7) is 5.83. The molecule has 1 fully saturated rings. The number of amides is 1. The van der Waals surface area contributed by atoms with E-state index in [1.165, 1.54) is 6.07 Å². The van der Waals surface area contributed by atoms with E-state index in [0.717, 1.165) is 39.0 Å². The van der Waals surface area contributed by atoms with E-state index in [9.17, 15) is 9.18 Å². The van der Waals surface area contributed by atoms with Crippen molar-refractivity contribution in [2.45, 2.75) is 19.8 Å². The smallest absolute Gasteiger partial charge is 0.248 e. The minimum atomic E-state index is -0.597. The topological polar surface area (TPSA) is 58.4 Å². The van der Waals surface area contributed by atoms with Crippen molar-refractivity contribution in [2.24, 2.45) is 11.7 Å². The highest BCUT2D eigenvalue weighted by Gasteiger charge is 2.21. The highest BCUT2D eigenvalue weighted by atomic mass is 19.1. The maximum atomic E-state index is 14.0. The van der Waals surface area contributed by atoms with Crippen LogP contribution in [-0.4, -0.2) is 32.1 Å². The molecule has 20 heavy (non-hydrogen) atoms. The zero-order valence-electron chi connectivity index (χ0n) is 11.9. The third kappa shape index (κ3) is 3.48. The van der Waals surface area contributed by atoms with E-state index < -0.39 is 5.91 Å².